The standard InChI is InChI=1S/C37H39N5O6/c1-22-38-36(48-40-22)30(19-23-9-12-26(13-10-23)41(2)37(44)45)39-35(43)25-11-15-28-31(20-25)42-17-18-47-32-21-27(46-3)14-16-29(32)34(42)33(28)24-7-5-4-6-8-24/h9-16,20-21,24,30H,4-8,17-19H2,1-3H3,(H,39,43)(H,44,45)/t30-/m0/s1. The van der Waals surface area contributed by atoms with Gasteiger partial charge in [-0.1, -0.05) is 42.6 Å². The van der Waals surface area contributed by atoms with E-state index in [0.717, 1.165) is 45.9 Å². The molecule has 0 spiro atoms. The van der Waals surface area contributed by atoms with Crippen molar-refractivity contribution < 1.29 is 28.7 Å². The summed E-state index contributed by atoms with van der Waals surface area (Å²) in [5.74, 6) is 2.50. The fourth-order valence-corrected chi connectivity index (χ4v) is 7.13. The molecule has 248 valence electrons. The Labute approximate surface area is 278 Å². The van der Waals surface area contributed by atoms with Gasteiger partial charge in [-0.3, -0.25) is 9.69 Å². The molecule has 2 aliphatic rings. The third-order valence-corrected chi connectivity index (χ3v) is 9.59. The lowest BCUT2D eigenvalue weighted by molar-refractivity contribution is 0.0928. The zero-order chi connectivity index (χ0) is 33.4. The van der Waals surface area contributed by atoms with Crippen LogP contribution >= 0.6 is 0 Å². The predicted octanol–water partition coefficient (Wildman–Crippen LogP) is 7.28. The Morgan fingerprint density at radius 2 is 1.88 bits per heavy atom. The van der Waals surface area contributed by atoms with Crippen molar-refractivity contribution in [1.82, 2.24) is 20.0 Å². The number of ether oxygens (including phenoxy) is 2. The highest BCUT2D eigenvalue weighted by Gasteiger charge is 2.30. The lowest BCUT2D eigenvalue weighted by atomic mass is 9.81. The molecule has 11 heteroatoms. The Hall–Kier alpha value is -5.32. The average Bonchev–Trinajstić information content (AvgIpc) is 3.62. The number of aryl methyl sites for hydroxylation is 1. The Morgan fingerprint density at radius 3 is 2.58 bits per heavy atom. The number of rotatable bonds is 8. The highest BCUT2D eigenvalue weighted by molar-refractivity contribution is 6.01. The first-order valence-electron chi connectivity index (χ1n) is 16.4. The average molecular weight is 650 g/mol. The van der Waals surface area contributed by atoms with E-state index in [1.54, 1.807) is 26.2 Å². The van der Waals surface area contributed by atoms with Crippen LogP contribution in [0.15, 0.2) is 65.2 Å². The molecule has 5 aromatic rings. The summed E-state index contributed by atoms with van der Waals surface area (Å²) in [5.41, 5.74) is 6.50. The maximum atomic E-state index is 14.0. The van der Waals surface area contributed by atoms with Gasteiger partial charge in [0.1, 0.15) is 24.1 Å². The molecular formula is C37H39N5O6. The van der Waals surface area contributed by atoms with Crippen LogP contribution in [0.4, 0.5) is 10.5 Å². The molecule has 0 unspecified atom stereocenters. The van der Waals surface area contributed by atoms with Gasteiger partial charge in [0, 0.05) is 47.3 Å². The molecule has 2 amide bonds. The smallest absolute Gasteiger partial charge is 0.411 e. The molecule has 1 saturated carbocycles. The first-order valence-corrected chi connectivity index (χ1v) is 16.4. The van der Waals surface area contributed by atoms with Gasteiger partial charge in [-0.2, -0.15) is 4.98 Å². The van der Waals surface area contributed by atoms with Gasteiger partial charge in [0.25, 0.3) is 5.91 Å². The van der Waals surface area contributed by atoms with Gasteiger partial charge in [0.05, 0.1) is 19.3 Å². The topological polar surface area (TPSA) is 132 Å². The minimum atomic E-state index is -1.05. The molecule has 1 aliphatic carbocycles. The van der Waals surface area contributed by atoms with Crippen LogP contribution in [0.2, 0.25) is 0 Å². The SMILES string of the molecule is COc1ccc2c(c1)OCCn1c-2c(C2CCCCC2)c2ccc(C(=O)N[C@@H](Cc3ccc(N(C)C(=O)O)cc3)c3nc(C)no3)cc21. The number of amides is 2. The van der Waals surface area contributed by atoms with E-state index in [1.807, 2.05) is 36.4 Å². The molecule has 0 bridgehead atoms. The van der Waals surface area contributed by atoms with Crippen LogP contribution in [0, 0.1) is 6.92 Å². The lowest BCUT2D eigenvalue weighted by Gasteiger charge is -2.23. The number of fused-ring (bicyclic) bond motifs is 5. The van der Waals surface area contributed by atoms with Gasteiger partial charge >= 0.3 is 6.09 Å². The maximum Gasteiger partial charge on any atom is 0.411 e. The molecule has 1 aliphatic heterocycles. The Bertz CT molecular complexity index is 1970. The molecule has 48 heavy (non-hydrogen) atoms. The third kappa shape index (κ3) is 5.96. The van der Waals surface area contributed by atoms with Gasteiger partial charge in [-0.05, 0) is 73.2 Å². The number of aromatic nitrogens is 3. The van der Waals surface area contributed by atoms with Crippen molar-refractivity contribution in [1.29, 1.82) is 0 Å². The summed E-state index contributed by atoms with van der Waals surface area (Å²) in [6, 6.07) is 18.6. The second kappa shape index (κ2) is 13.1. The minimum absolute atomic E-state index is 0.259. The normalized spacial score (nSPS) is 15.1. The summed E-state index contributed by atoms with van der Waals surface area (Å²) in [6.45, 7) is 2.88. The number of hydrogen-bond acceptors (Lipinski definition) is 7. The number of methoxy groups -OCH3 is 1. The van der Waals surface area contributed by atoms with Crippen LogP contribution in [0.25, 0.3) is 22.2 Å². The summed E-state index contributed by atoms with van der Waals surface area (Å²) in [5, 5.41) is 17.6. The third-order valence-electron chi connectivity index (χ3n) is 9.59. The van der Waals surface area contributed by atoms with Crippen molar-refractivity contribution >= 4 is 28.6 Å². The predicted molar refractivity (Wildman–Crippen MR) is 181 cm³/mol. The summed E-state index contributed by atoms with van der Waals surface area (Å²) in [4.78, 5) is 30.9. The van der Waals surface area contributed by atoms with Crippen LogP contribution in [0.3, 0.4) is 0 Å². The highest BCUT2D eigenvalue weighted by Crippen LogP contribution is 2.47. The van der Waals surface area contributed by atoms with Crippen molar-refractivity contribution in [3.63, 3.8) is 0 Å². The molecule has 11 nitrogen and oxygen atoms in total. The molecule has 0 radical (unpaired) electrons. The highest BCUT2D eigenvalue weighted by atomic mass is 16.5. The van der Waals surface area contributed by atoms with E-state index < -0.39 is 12.1 Å². The summed E-state index contributed by atoms with van der Waals surface area (Å²) >= 11 is 0. The van der Waals surface area contributed by atoms with Gasteiger partial charge in [-0.15, -0.1) is 0 Å². The van der Waals surface area contributed by atoms with Crippen molar-refractivity contribution in [2.75, 3.05) is 25.7 Å². The van der Waals surface area contributed by atoms with Gasteiger partial charge < -0.3 is 29.0 Å². The Balaban J connectivity index is 1.25. The van der Waals surface area contributed by atoms with E-state index in [2.05, 4.69) is 32.2 Å². The number of hydrogen-bond donors (Lipinski definition) is 2. The maximum absolute atomic E-state index is 14.0. The number of carboxylic acid groups (broad SMARTS) is 1. The minimum Gasteiger partial charge on any atom is -0.497 e. The van der Waals surface area contributed by atoms with E-state index in [4.69, 9.17) is 14.0 Å². The van der Waals surface area contributed by atoms with E-state index in [9.17, 15) is 14.7 Å². The number of carbonyl (C=O) groups is 2. The van der Waals surface area contributed by atoms with E-state index in [1.165, 1.54) is 43.0 Å². The fourth-order valence-electron chi connectivity index (χ4n) is 7.13. The van der Waals surface area contributed by atoms with E-state index in [-0.39, 0.29) is 5.91 Å². The molecule has 3 heterocycles. The fraction of sp³-hybridized carbons (Fsp3) is 0.351. The quantitative estimate of drug-likeness (QED) is 0.179. The number of carbonyl (C=O) groups excluding carboxylic acids is 1. The van der Waals surface area contributed by atoms with Crippen LogP contribution in [0.5, 0.6) is 11.5 Å². The van der Waals surface area contributed by atoms with Gasteiger partial charge in [0.2, 0.25) is 5.89 Å². The number of nitrogens with one attached hydrogen (secondary N) is 1. The summed E-state index contributed by atoms with van der Waals surface area (Å²) < 4.78 is 19.6. The van der Waals surface area contributed by atoms with E-state index >= 15 is 0 Å². The summed E-state index contributed by atoms with van der Waals surface area (Å²) in [6.07, 6.45) is 5.28. The largest absolute Gasteiger partial charge is 0.497 e. The number of nitrogens with zero attached hydrogens (tertiary/aromatic N) is 4. The lowest BCUT2D eigenvalue weighted by Crippen LogP contribution is -2.30. The molecule has 7 rings (SSSR count). The molecule has 2 N–H and O–H groups in total. The van der Waals surface area contributed by atoms with Gasteiger partial charge in [0.15, 0.2) is 5.82 Å². The number of anilines is 1. The second-order valence-corrected chi connectivity index (χ2v) is 12.6. The van der Waals surface area contributed by atoms with E-state index in [0.29, 0.717) is 48.5 Å². The monoisotopic (exact) mass is 649 g/mol. The van der Waals surface area contributed by atoms with Crippen molar-refractivity contribution in [2.45, 2.75) is 64.0 Å². The first kappa shape index (κ1) is 31.3. The van der Waals surface area contributed by atoms with Crippen LogP contribution in [-0.4, -0.2) is 52.6 Å². The molecule has 0 saturated heterocycles. The first-order chi connectivity index (χ1) is 23.3. The molecular weight excluding hydrogens is 610 g/mol. The van der Waals surface area contributed by atoms with Gasteiger partial charge in [-0.25, -0.2) is 4.79 Å². The molecule has 3 aromatic carbocycles. The summed E-state index contributed by atoms with van der Waals surface area (Å²) in [7, 11) is 3.15. The number of benzene rings is 3. The van der Waals surface area contributed by atoms with Crippen molar-refractivity contribution in [3.05, 3.63) is 89.1 Å². The Kier molecular flexibility index (Phi) is 8.51. The van der Waals surface area contributed by atoms with Crippen LogP contribution < -0.4 is 19.7 Å². The van der Waals surface area contributed by atoms with Crippen LogP contribution in [0.1, 0.15) is 77.3 Å². The molecule has 1 fully saturated rings. The zero-order valence-electron chi connectivity index (χ0n) is 27.4. The zero-order valence-corrected chi connectivity index (χ0v) is 27.4. The molecule has 1 atom stereocenters. The Morgan fingerprint density at radius 1 is 1.08 bits per heavy atom. The molecule has 2 aromatic heterocycles. The van der Waals surface area contributed by atoms with Crippen molar-refractivity contribution in [3.8, 4) is 22.8 Å². The van der Waals surface area contributed by atoms with Crippen molar-refractivity contribution in [2.24, 2.45) is 0 Å². The second-order valence-electron chi connectivity index (χ2n) is 12.6. The van der Waals surface area contributed by atoms with Crippen LogP contribution in [-0.2, 0) is 13.0 Å².